The fourth-order valence-corrected chi connectivity index (χ4v) is 1.31. The summed E-state index contributed by atoms with van der Waals surface area (Å²) in [6.45, 7) is 2.30. The van der Waals surface area contributed by atoms with E-state index in [1.165, 1.54) is 19.3 Å². The summed E-state index contributed by atoms with van der Waals surface area (Å²) in [4.78, 5) is 19.6. The van der Waals surface area contributed by atoms with Crippen LogP contribution in [0.1, 0.15) is 32.6 Å². The van der Waals surface area contributed by atoms with Gasteiger partial charge in [-0.05, 0) is 31.1 Å². The highest BCUT2D eigenvalue weighted by Crippen LogP contribution is 2.06. The number of unbranched alkanes of at least 4 members (excludes halogenated alkanes) is 3. The van der Waals surface area contributed by atoms with Crippen molar-refractivity contribution in [1.29, 1.82) is 0 Å². The van der Waals surface area contributed by atoms with Crippen LogP contribution in [-0.4, -0.2) is 19.2 Å². The summed E-state index contributed by atoms with van der Waals surface area (Å²) in [5, 5.41) is 0. The fourth-order valence-electron chi connectivity index (χ4n) is 1.31. The molecule has 0 heterocycles. The molecule has 1 aromatic carbocycles. The molecule has 0 atom stereocenters. The molecule has 0 aromatic heterocycles. The first-order valence-corrected chi connectivity index (χ1v) is 6.57. The molecule has 1 aromatic rings. The second-order valence-corrected chi connectivity index (χ2v) is 3.85. The Balaban J connectivity index is 0.000000344. The number of rotatable bonds is 8. The summed E-state index contributed by atoms with van der Waals surface area (Å²) in [5.74, 6) is 0.731. The Kier molecular flexibility index (Phi) is 12.7. The van der Waals surface area contributed by atoms with Gasteiger partial charge in [-0.15, -0.1) is 0 Å². The molecule has 0 unspecified atom stereocenters. The maximum atomic E-state index is 9.85. The van der Waals surface area contributed by atoms with Crippen molar-refractivity contribution in [2.75, 3.05) is 6.61 Å². The molecule has 0 aliphatic heterocycles. The van der Waals surface area contributed by atoms with E-state index in [0.29, 0.717) is 0 Å². The van der Waals surface area contributed by atoms with Crippen LogP contribution in [0.25, 0.3) is 0 Å². The predicted octanol–water partition coefficient (Wildman–Crippen LogP) is 3.59. The maximum absolute atomic E-state index is 9.85. The maximum Gasteiger partial charge on any atom is 0.157 e. The van der Waals surface area contributed by atoms with Gasteiger partial charge in [0.15, 0.2) is 6.29 Å². The third-order valence-corrected chi connectivity index (χ3v) is 2.25. The number of hydrogen-bond donors (Lipinski definition) is 0. The number of ether oxygens (including phenoxy) is 1. The summed E-state index contributed by atoms with van der Waals surface area (Å²) in [5.41, 5.74) is 0. The molecule has 104 valence electrons. The molecule has 19 heavy (non-hydrogen) atoms. The van der Waals surface area contributed by atoms with Gasteiger partial charge in [-0.25, -0.2) is 0 Å². The predicted molar refractivity (Wildman–Crippen MR) is 77.3 cm³/mol. The van der Waals surface area contributed by atoms with Gasteiger partial charge in [0.25, 0.3) is 0 Å². The third kappa shape index (κ3) is 12.3. The third-order valence-electron chi connectivity index (χ3n) is 2.25. The number of carbonyl (C=O) groups is 2. The summed E-state index contributed by atoms with van der Waals surface area (Å²) in [7, 11) is 0. The van der Waals surface area contributed by atoms with Crippen LogP contribution in [0.4, 0.5) is 0 Å². The van der Waals surface area contributed by atoms with E-state index in [1.807, 2.05) is 36.4 Å². The molecule has 0 fully saturated rings. The van der Waals surface area contributed by atoms with Gasteiger partial charge in [-0.2, -0.15) is 0 Å². The Hall–Kier alpha value is -1.90. The Bertz CT molecular complexity index is 344. The van der Waals surface area contributed by atoms with E-state index >= 15 is 0 Å². The largest absolute Gasteiger partial charge is 0.486 e. The van der Waals surface area contributed by atoms with Gasteiger partial charge in [0.2, 0.25) is 0 Å². The molecule has 0 spiro atoms. The van der Waals surface area contributed by atoms with Crippen LogP contribution in [0.3, 0.4) is 0 Å². The van der Waals surface area contributed by atoms with Crippen molar-refractivity contribution in [3.05, 3.63) is 42.5 Å². The minimum atomic E-state index is 0.129. The van der Waals surface area contributed by atoms with Crippen molar-refractivity contribution in [3.8, 4) is 5.75 Å². The quantitative estimate of drug-likeness (QED) is 0.408. The van der Waals surface area contributed by atoms with Crippen LogP contribution in [0.2, 0.25) is 0 Å². The first-order valence-electron chi connectivity index (χ1n) is 6.57. The lowest BCUT2D eigenvalue weighted by Crippen LogP contribution is -1.96. The highest BCUT2D eigenvalue weighted by molar-refractivity contribution is 5.64. The molecule has 0 aliphatic carbocycles. The van der Waals surface area contributed by atoms with Crippen molar-refractivity contribution in [1.82, 2.24) is 0 Å². The number of para-hydroxylation sites is 1. The average molecular weight is 262 g/mol. The zero-order chi connectivity index (χ0) is 14.2. The van der Waals surface area contributed by atoms with E-state index in [0.717, 1.165) is 24.7 Å². The first-order chi connectivity index (χ1) is 9.35. The molecule has 0 radical (unpaired) electrons. The molecule has 1 rings (SSSR count). The minimum Gasteiger partial charge on any atom is -0.486 e. The monoisotopic (exact) mass is 262 g/mol. The molecular weight excluding hydrogens is 240 g/mol. The van der Waals surface area contributed by atoms with Crippen LogP contribution < -0.4 is 4.74 Å². The summed E-state index contributed by atoms with van der Waals surface area (Å²) in [6, 6.07) is 9.24. The Morgan fingerprint density at radius 3 is 2.42 bits per heavy atom. The van der Waals surface area contributed by atoms with E-state index in [2.05, 4.69) is 6.92 Å². The fraction of sp³-hybridized carbons (Fsp3) is 0.375. The van der Waals surface area contributed by atoms with Crippen LogP contribution >= 0.6 is 0 Å². The van der Waals surface area contributed by atoms with Crippen molar-refractivity contribution in [2.45, 2.75) is 32.6 Å². The Morgan fingerprint density at radius 2 is 1.84 bits per heavy atom. The number of hydrogen-bond acceptors (Lipinski definition) is 3. The van der Waals surface area contributed by atoms with Crippen LogP contribution in [0.15, 0.2) is 42.5 Å². The molecule has 3 heteroatoms. The lowest BCUT2D eigenvalue weighted by atomic mass is 10.2. The van der Waals surface area contributed by atoms with Crippen molar-refractivity contribution in [3.63, 3.8) is 0 Å². The van der Waals surface area contributed by atoms with E-state index < -0.39 is 0 Å². The van der Waals surface area contributed by atoms with Gasteiger partial charge in [-0.3, -0.25) is 9.59 Å². The van der Waals surface area contributed by atoms with Crippen molar-refractivity contribution in [2.24, 2.45) is 0 Å². The first kappa shape index (κ1) is 17.1. The minimum absolute atomic E-state index is 0.129. The summed E-state index contributed by atoms with van der Waals surface area (Å²) in [6.07, 6.45) is 9.81. The van der Waals surface area contributed by atoms with Crippen molar-refractivity contribution < 1.29 is 14.3 Å². The average Bonchev–Trinajstić information content (AvgIpc) is 2.47. The van der Waals surface area contributed by atoms with E-state index in [1.54, 1.807) is 6.08 Å². The SMILES string of the molecule is CCCCC/C=C/C=O.O=CCOc1ccccc1. The summed E-state index contributed by atoms with van der Waals surface area (Å²) >= 11 is 0. The lowest BCUT2D eigenvalue weighted by Gasteiger charge is -1.98. The zero-order valence-electron chi connectivity index (χ0n) is 11.5. The van der Waals surface area contributed by atoms with Gasteiger partial charge in [0.1, 0.15) is 18.6 Å². The van der Waals surface area contributed by atoms with E-state index in [4.69, 9.17) is 4.74 Å². The normalized spacial score (nSPS) is 9.53. The molecule has 0 bridgehead atoms. The molecule has 0 aliphatic rings. The molecule has 0 saturated carbocycles. The number of aldehydes is 2. The van der Waals surface area contributed by atoms with Gasteiger partial charge in [0, 0.05) is 0 Å². The molecule has 3 nitrogen and oxygen atoms in total. The lowest BCUT2D eigenvalue weighted by molar-refractivity contribution is -0.109. The highest BCUT2D eigenvalue weighted by Gasteiger charge is 1.86. The van der Waals surface area contributed by atoms with Gasteiger partial charge in [0.05, 0.1) is 0 Å². The Labute approximate surface area is 115 Å². The van der Waals surface area contributed by atoms with E-state index in [9.17, 15) is 9.59 Å². The van der Waals surface area contributed by atoms with E-state index in [-0.39, 0.29) is 6.61 Å². The Morgan fingerprint density at radius 1 is 1.11 bits per heavy atom. The van der Waals surface area contributed by atoms with Crippen LogP contribution in [0, 0.1) is 0 Å². The highest BCUT2D eigenvalue weighted by atomic mass is 16.5. The molecule has 0 amide bonds. The van der Waals surface area contributed by atoms with Crippen LogP contribution in [-0.2, 0) is 9.59 Å². The number of benzene rings is 1. The van der Waals surface area contributed by atoms with Crippen molar-refractivity contribution >= 4 is 12.6 Å². The molecule has 0 saturated heterocycles. The van der Waals surface area contributed by atoms with Gasteiger partial charge >= 0.3 is 0 Å². The van der Waals surface area contributed by atoms with Gasteiger partial charge in [-0.1, -0.05) is 44.0 Å². The van der Waals surface area contributed by atoms with Gasteiger partial charge < -0.3 is 4.74 Å². The van der Waals surface area contributed by atoms with Crippen LogP contribution in [0.5, 0.6) is 5.75 Å². The molecular formula is C16H22O3. The zero-order valence-corrected chi connectivity index (χ0v) is 11.5. The summed E-state index contributed by atoms with van der Waals surface area (Å²) < 4.78 is 4.99. The second-order valence-electron chi connectivity index (χ2n) is 3.85. The number of carbonyl (C=O) groups excluding carboxylic acids is 2. The number of allylic oxidation sites excluding steroid dienone is 2. The molecule has 0 N–H and O–H groups in total. The topological polar surface area (TPSA) is 43.4 Å². The standard InChI is InChI=1S/C8H8O2.C8H14O/c9-6-7-10-8-4-2-1-3-5-8;1-2-3-4-5-6-7-8-9/h1-6H,7H2;6-8H,2-5H2,1H3/b;7-6+. The second kappa shape index (κ2) is 14.2. The smallest absolute Gasteiger partial charge is 0.157 e.